The van der Waals surface area contributed by atoms with Crippen LogP contribution in [-0.2, 0) is 9.53 Å². The molecule has 4 heterocycles. The number of amides is 1. The van der Waals surface area contributed by atoms with E-state index in [-0.39, 0.29) is 5.91 Å². The molecule has 2 aromatic carbocycles. The quantitative estimate of drug-likeness (QED) is 0.143. The normalized spacial score (nSPS) is 11.3. The van der Waals surface area contributed by atoms with Crippen LogP contribution in [0.3, 0.4) is 0 Å². The van der Waals surface area contributed by atoms with Gasteiger partial charge in [0.2, 0.25) is 11.8 Å². The summed E-state index contributed by atoms with van der Waals surface area (Å²) in [5.74, 6) is 1.75. The maximum absolute atomic E-state index is 12.8. The largest absolute Gasteiger partial charge is 0.489 e. The minimum absolute atomic E-state index is 0.301. The number of anilines is 3. The SMILES string of the molecule is COCCOc1cc2ncnc(Nc3ccc(Oc4cc5nncn5cn4)c(C)c3)c2cc1NC(=O)/C=C/c1ccc[nH]1. The van der Waals surface area contributed by atoms with Gasteiger partial charge in [0.15, 0.2) is 5.65 Å². The predicted octanol–water partition coefficient (Wildman–Crippen LogP) is 4.92. The molecular weight excluding hydrogens is 550 g/mol. The lowest BCUT2D eigenvalue weighted by Gasteiger charge is -2.15. The van der Waals surface area contributed by atoms with Crippen LogP contribution in [0.1, 0.15) is 11.3 Å². The van der Waals surface area contributed by atoms with Crippen molar-refractivity contribution in [1.29, 1.82) is 0 Å². The predicted molar refractivity (Wildman–Crippen MR) is 161 cm³/mol. The third-order valence-corrected chi connectivity index (χ3v) is 6.39. The second-order valence-corrected chi connectivity index (χ2v) is 9.41. The number of hydrogen-bond donors (Lipinski definition) is 3. The third-order valence-electron chi connectivity index (χ3n) is 6.39. The van der Waals surface area contributed by atoms with Gasteiger partial charge in [0, 0.05) is 48.3 Å². The first-order chi connectivity index (χ1) is 21.1. The summed E-state index contributed by atoms with van der Waals surface area (Å²) in [7, 11) is 1.60. The van der Waals surface area contributed by atoms with Gasteiger partial charge in [-0.25, -0.2) is 15.0 Å². The van der Waals surface area contributed by atoms with Gasteiger partial charge < -0.3 is 29.8 Å². The highest BCUT2D eigenvalue weighted by Crippen LogP contribution is 2.34. The summed E-state index contributed by atoms with van der Waals surface area (Å²) < 4.78 is 18.7. The minimum Gasteiger partial charge on any atom is -0.489 e. The Bertz CT molecular complexity index is 1920. The Hall–Kier alpha value is -5.82. The molecule has 4 aromatic heterocycles. The van der Waals surface area contributed by atoms with Gasteiger partial charge >= 0.3 is 0 Å². The smallest absolute Gasteiger partial charge is 0.248 e. The molecular formula is C30H27N9O4. The van der Waals surface area contributed by atoms with E-state index in [1.54, 1.807) is 54.6 Å². The molecule has 0 saturated heterocycles. The number of aromatic amines is 1. The standard InChI is InChI=1S/C30H27N9O4/c1-19-12-21(5-7-25(19)43-29-15-27-38-35-18-39(27)17-34-29)36-30-22-13-24(37-28(40)8-6-20-4-3-9-31-20)26(42-11-10-41-2)14-23(22)32-16-33-30/h3-9,12-18,31H,10-11H2,1-2H3,(H,37,40)(H,32,33,36)/b8-6+. The Labute approximate surface area is 245 Å². The highest BCUT2D eigenvalue weighted by atomic mass is 16.5. The lowest BCUT2D eigenvalue weighted by molar-refractivity contribution is -0.111. The summed E-state index contributed by atoms with van der Waals surface area (Å²) in [4.78, 5) is 29.0. The van der Waals surface area contributed by atoms with Gasteiger partial charge in [-0.3, -0.25) is 9.20 Å². The van der Waals surface area contributed by atoms with Crippen molar-refractivity contribution in [2.45, 2.75) is 6.92 Å². The minimum atomic E-state index is -0.319. The molecule has 216 valence electrons. The molecule has 3 N–H and O–H groups in total. The van der Waals surface area contributed by atoms with Crippen LogP contribution in [0.2, 0.25) is 0 Å². The van der Waals surface area contributed by atoms with Crippen molar-refractivity contribution in [2.75, 3.05) is 31.0 Å². The fourth-order valence-corrected chi connectivity index (χ4v) is 4.28. The van der Waals surface area contributed by atoms with Crippen molar-refractivity contribution in [1.82, 2.24) is 34.5 Å². The van der Waals surface area contributed by atoms with E-state index >= 15 is 0 Å². The fourth-order valence-electron chi connectivity index (χ4n) is 4.28. The summed E-state index contributed by atoms with van der Waals surface area (Å²) in [5.41, 5.74) is 4.21. The van der Waals surface area contributed by atoms with Crippen LogP contribution in [0.15, 0.2) is 79.8 Å². The van der Waals surface area contributed by atoms with Crippen LogP contribution >= 0.6 is 0 Å². The van der Waals surface area contributed by atoms with Crippen LogP contribution in [0.25, 0.3) is 22.6 Å². The molecule has 0 radical (unpaired) electrons. The van der Waals surface area contributed by atoms with Crippen LogP contribution in [-0.4, -0.2) is 60.8 Å². The summed E-state index contributed by atoms with van der Waals surface area (Å²) in [6, 6.07) is 14.7. The van der Waals surface area contributed by atoms with Gasteiger partial charge in [-0.2, -0.15) is 0 Å². The number of H-pyrrole nitrogens is 1. The zero-order chi connectivity index (χ0) is 29.6. The van der Waals surface area contributed by atoms with E-state index in [1.807, 2.05) is 37.3 Å². The van der Waals surface area contributed by atoms with Gasteiger partial charge in [-0.05, 0) is 55.0 Å². The zero-order valence-corrected chi connectivity index (χ0v) is 23.3. The average molecular weight is 578 g/mol. The highest BCUT2D eigenvalue weighted by molar-refractivity contribution is 6.05. The summed E-state index contributed by atoms with van der Waals surface area (Å²) >= 11 is 0. The number of ether oxygens (including phenoxy) is 3. The second-order valence-electron chi connectivity index (χ2n) is 9.41. The first-order valence-electron chi connectivity index (χ1n) is 13.3. The lowest BCUT2D eigenvalue weighted by atomic mass is 10.1. The van der Waals surface area contributed by atoms with Crippen LogP contribution in [0, 0.1) is 6.92 Å². The van der Waals surface area contributed by atoms with Gasteiger partial charge in [0.1, 0.15) is 42.9 Å². The van der Waals surface area contributed by atoms with Crippen molar-refractivity contribution >= 4 is 45.7 Å². The third kappa shape index (κ3) is 6.41. The molecule has 6 aromatic rings. The van der Waals surface area contributed by atoms with Gasteiger partial charge in [-0.1, -0.05) is 0 Å². The molecule has 13 nitrogen and oxygen atoms in total. The van der Waals surface area contributed by atoms with Gasteiger partial charge in [0.05, 0.1) is 17.8 Å². The number of methoxy groups -OCH3 is 1. The molecule has 0 aliphatic rings. The van der Waals surface area contributed by atoms with Crippen LogP contribution in [0.4, 0.5) is 17.2 Å². The number of hydrogen-bond acceptors (Lipinski definition) is 10. The number of carbonyl (C=O) groups is 1. The summed E-state index contributed by atoms with van der Waals surface area (Å²) in [5, 5.41) is 14.8. The molecule has 0 aliphatic carbocycles. The first kappa shape index (κ1) is 27.4. The maximum Gasteiger partial charge on any atom is 0.248 e. The molecule has 0 atom stereocenters. The Kier molecular flexibility index (Phi) is 7.87. The molecule has 0 bridgehead atoms. The number of carbonyl (C=O) groups excluding carboxylic acids is 1. The maximum atomic E-state index is 12.8. The molecule has 0 unspecified atom stereocenters. The summed E-state index contributed by atoms with van der Waals surface area (Å²) in [6.45, 7) is 2.63. The monoisotopic (exact) mass is 577 g/mol. The number of fused-ring (bicyclic) bond motifs is 2. The molecule has 43 heavy (non-hydrogen) atoms. The molecule has 0 fully saturated rings. The number of nitrogens with zero attached hydrogens (tertiary/aromatic N) is 6. The topological polar surface area (TPSA) is 153 Å². The lowest BCUT2D eigenvalue weighted by Crippen LogP contribution is -2.11. The Morgan fingerprint density at radius 3 is 2.81 bits per heavy atom. The van der Waals surface area contributed by atoms with Crippen molar-refractivity contribution in [3.8, 4) is 17.4 Å². The van der Waals surface area contributed by atoms with E-state index in [9.17, 15) is 4.79 Å². The summed E-state index contributed by atoms with van der Waals surface area (Å²) in [6.07, 6.45) is 9.56. The van der Waals surface area contributed by atoms with Crippen molar-refractivity contribution in [3.63, 3.8) is 0 Å². The molecule has 6 rings (SSSR count). The van der Waals surface area contributed by atoms with E-state index in [0.717, 1.165) is 16.9 Å². The molecule has 13 heteroatoms. The number of nitrogens with one attached hydrogen (secondary N) is 3. The second kappa shape index (κ2) is 12.4. The number of benzene rings is 2. The van der Waals surface area contributed by atoms with Crippen LogP contribution in [0.5, 0.6) is 17.4 Å². The Morgan fingerprint density at radius 1 is 1.05 bits per heavy atom. The van der Waals surface area contributed by atoms with Crippen molar-refractivity contribution < 1.29 is 19.0 Å². The van der Waals surface area contributed by atoms with E-state index in [4.69, 9.17) is 14.2 Å². The first-order valence-corrected chi connectivity index (χ1v) is 13.3. The van der Waals surface area contributed by atoms with E-state index in [2.05, 4.69) is 40.8 Å². The molecule has 0 aliphatic heterocycles. The number of aromatic nitrogens is 7. The Morgan fingerprint density at radius 2 is 1.98 bits per heavy atom. The van der Waals surface area contributed by atoms with E-state index in [0.29, 0.717) is 58.6 Å². The van der Waals surface area contributed by atoms with Crippen molar-refractivity contribution in [3.05, 3.63) is 91.0 Å². The Balaban J connectivity index is 1.25. The van der Waals surface area contributed by atoms with E-state index < -0.39 is 0 Å². The molecule has 1 amide bonds. The highest BCUT2D eigenvalue weighted by Gasteiger charge is 2.14. The number of rotatable bonds is 11. The average Bonchev–Trinajstić information content (AvgIpc) is 3.70. The van der Waals surface area contributed by atoms with Crippen LogP contribution < -0.4 is 20.1 Å². The van der Waals surface area contributed by atoms with E-state index in [1.165, 1.54) is 12.4 Å². The zero-order valence-electron chi connectivity index (χ0n) is 23.3. The van der Waals surface area contributed by atoms with Crippen molar-refractivity contribution in [2.24, 2.45) is 0 Å². The number of aryl methyl sites for hydroxylation is 1. The van der Waals surface area contributed by atoms with Gasteiger partial charge in [-0.15, -0.1) is 10.2 Å². The molecule has 0 spiro atoms. The molecule has 0 saturated carbocycles. The fraction of sp³-hybridized carbons (Fsp3) is 0.133. The van der Waals surface area contributed by atoms with Gasteiger partial charge in [0.25, 0.3) is 0 Å².